The summed E-state index contributed by atoms with van der Waals surface area (Å²) < 4.78 is 0. The molecule has 0 spiro atoms. The Hall–Kier alpha value is -0.0800. The van der Waals surface area contributed by atoms with Crippen molar-refractivity contribution >= 4 is 0 Å². The highest BCUT2D eigenvalue weighted by Gasteiger charge is 2.14. The molecule has 0 aromatic rings. The molecule has 0 amide bonds. The van der Waals surface area contributed by atoms with Crippen LogP contribution in [0.25, 0.3) is 0 Å². The van der Waals surface area contributed by atoms with Gasteiger partial charge in [0.05, 0.1) is 6.10 Å². The van der Waals surface area contributed by atoms with Gasteiger partial charge in [-0.1, -0.05) is 0 Å². The number of hydrogen-bond donors (Lipinski definition) is 1. The summed E-state index contributed by atoms with van der Waals surface area (Å²) in [5.74, 6) is 0. The predicted octanol–water partition coefficient (Wildman–Crippen LogP) is 1.49. The van der Waals surface area contributed by atoms with Crippen molar-refractivity contribution in [2.75, 3.05) is 6.54 Å². The summed E-state index contributed by atoms with van der Waals surface area (Å²) in [4.78, 5) is 2.28. The van der Waals surface area contributed by atoms with E-state index in [1.165, 1.54) is 0 Å². The number of rotatable bonds is 4. The first-order chi connectivity index (χ1) is 4.95. The number of hydrogen-bond acceptors (Lipinski definition) is 2. The maximum Gasteiger partial charge on any atom is 0.0639 e. The minimum Gasteiger partial charge on any atom is -0.392 e. The van der Waals surface area contributed by atoms with Crippen LogP contribution in [0.1, 0.15) is 34.6 Å². The lowest BCUT2D eigenvalue weighted by molar-refractivity contribution is 0.0862. The number of nitrogens with zero attached hydrogens (tertiary/aromatic N) is 1. The van der Waals surface area contributed by atoms with E-state index in [0.717, 1.165) is 6.54 Å². The maximum absolute atomic E-state index is 9.18. The van der Waals surface area contributed by atoms with Crippen molar-refractivity contribution in [2.45, 2.75) is 52.8 Å². The quantitative estimate of drug-likeness (QED) is 0.671. The van der Waals surface area contributed by atoms with Crippen molar-refractivity contribution in [2.24, 2.45) is 0 Å². The summed E-state index contributed by atoms with van der Waals surface area (Å²) in [5, 5.41) is 9.18. The van der Waals surface area contributed by atoms with E-state index in [0.29, 0.717) is 12.1 Å². The fraction of sp³-hybridized carbons (Fsp3) is 1.00. The van der Waals surface area contributed by atoms with Crippen LogP contribution in [-0.2, 0) is 0 Å². The van der Waals surface area contributed by atoms with Crippen molar-refractivity contribution in [1.82, 2.24) is 4.90 Å². The minimum absolute atomic E-state index is 0.222. The zero-order chi connectivity index (χ0) is 9.02. The van der Waals surface area contributed by atoms with Crippen LogP contribution in [0.15, 0.2) is 0 Å². The average molecular weight is 159 g/mol. The SMILES string of the molecule is CC(C)N(C[C@H](C)O)C(C)C. The molecule has 11 heavy (non-hydrogen) atoms. The van der Waals surface area contributed by atoms with Crippen molar-refractivity contribution in [3.63, 3.8) is 0 Å². The van der Waals surface area contributed by atoms with Gasteiger partial charge in [-0.15, -0.1) is 0 Å². The molecular weight excluding hydrogens is 138 g/mol. The second-order valence-corrected chi connectivity index (χ2v) is 3.73. The molecule has 0 aromatic heterocycles. The third-order valence-corrected chi connectivity index (χ3v) is 1.80. The van der Waals surface area contributed by atoms with E-state index in [1.807, 2.05) is 6.92 Å². The van der Waals surface area contributed by atoms with Gasteiger partial charge in [0.1, 0.15) is 0 Å². The molecule has 0 bridgehead atoms. The van der Waals surface area contributed by atoms with Crippen LogP contribution >= 0.6 is 0 Å². The lowest BCUT2D eigenvalue weighted by Crippen LogP contribution is -2.41. The van der Waals surface area contributed by atoms with Crippen LogP contribution in [-0.4, -0.2) is 34.7 Å². The van der Waals surface area contributed by atoms with Crippen LogP contribution in [0, 0.1) is 0 Å². The van der Waals surface area contributed by atoms with E-state index in [-0.39, 0.29) is 6.10 Å². The van der Waals surface area contributed by atoms with Gasteiger partial charge in [0.2, 0.25) is 0 Å². The van der Waals surface area contributed by atoms with E-state index < -0.39 is 0 Å². The molecule has 1 N–H and O–H groups in total. The normalized spacial score (nSPS) is 15.0. The van der Waals surface area contributed by atoms with Gasteiger partial charge < -0.3 is 5.11 Å². The topological polar surface area (TPSA) is 23.5 Å². The molecule has 0 unspecified atom stereocenters. The standard InChI is InChI=1S/C9H21NO/c1-7(2)10(8(3)4)6-9(5)11/h7-9,11H,6H2,1-5H3/t9-/m0/s1. The fourth-order valence-electron chi connectivity index (χ4n) is 1.32. The lowest BCUT2D eigenvalue weighted by Gasteiger charge is -2.31. The maximum atomic E-state index is 9.18. The summed E-state index contributed by atoms with van der Waals surface area (Å²) in [5.41, 5.74) is 0. The van der Waals surface area contributed by atoms with Crippen molar-refractivity contribution < 1.29 is 5.11 Å². The van der Waals surface area contributed by atoms with E-state index in [1.54, 1.807) is 0 Å². The molecule has 0 radical (unpaired) electrons. The monoisotopic (exact) mass is 159 g/mol. The summed E-state index contributed by atoms with van der Waals surface area (Å²) in [6.07, 6.45) is -0.222. The smallest absolute Gasteiger partial charge is 0.0639 e. The Morgan fingerprint density at radius 2 is 1.36 bits per heavy atom. The molecule has 2 nitrogen and oxygen atoms in total. The van der Waals surface area contributed by atoms with E-state index in [2.05, 4.69) is 32.6 Å². The van der Waals surface area contributed by atoms with Crippen molar-refractivity contribution in [3.8, 4) is 0 Å². The summed E-state index contributed by atoms with van der Waals surface area (Å²) in [6, 6.07) is 1.04. The van der Waals surface area contributed by atoms with Gasteiger partial charge >= 0.3 is 0 Å². The van der Waals surface area contributed by atoms with Gasteiger partial charge in [-0.05, 0) is 34.6 Å². The van der Waals surface area contributed by atoms with Crippen molar-refractivity contribution in [3.05, 3.63) is 0 Å². The number of aliphatic hydroxyl groups excluding tert-OH is 1. The fourth-order valence-corrected chi connectivity index (χ4v) is 1.32. The first-order valence-electron chi connectivity index (χ1n) is 4.39. The Kier molecular flexibility index (Phi) is 4.69. The van der Waals surface area contributed by atoms with Crippen LogP contribution < -0.4 is 0 Å². The molecule has 2 heteroatoms. The first kappa shape index (κ1) is 10.9. The Morgan fingerprint density at radius 3 is 1.45 bits per heavy atom. The van der Waals surface area contributed by atoms with Gasteiger partial charge in [-0.3, -0.25) is 4.90 Å². The van der Waals surface area contributed by atoms with Gasteiger partial charge in [-0.2, -0.15) is 0 Å². The molecule has 0 heterocycles. The van der Waals surface area contributed by atoms with Gasteiger partial charge in [0.25, 0.3) is 0 Å². The van der Waals surface area contributed by atoms with Gasteiger partial charge in [0.15, 0.2) is 0 Å². The highest BCUT2D eigenvalue weighted by atomic mass is 16.3. The van der Waals surface area contributed by atoms with Crippen LogP contribution in [0.5, 0.6) is 0 Å². The van der Waals surface area contributed by atoms with E-state index >= 15 is 0 Å². The van der Waals surface area contributed by atoms with Crippen LogP contribution in [0.3, 0.4) is 0 Å². The van der Waals surface area contributed by atoms with Gasteiger partial charge in [0, 0.05) is 18.6 Å². The zero-order valence-corrected chi connectivity index (χ0v) is 8.33. The summed E-state index contributed by atoms with van der Waals surface area (Å²) in [7, 11) is 0. The van der Waals surface area contributed by atoms with E-state index in [9.17, 15) is 5.11 Å². The highest BCUT2D eigenvalue weighted by molar-refractivity contribution is 4.69. The molecule has 0 rings (SSSR count). The lowest BCUT2D eigenvalue weighted by atomic mass is 10.2. The Bertz CT molecular complexity index is 91.7. The summed E-state index contributed by atoms with van der Waals surface area (Å²) >= 11 is 0. The molecule has 0 saturated carbocycles. The second kappa shape index (κ2) is 4.73. The largest absolute Gasteiger partial charge is 0.392 e. The molecule has 0 aliphatic carbocycles. The second-order valence-electron chi connectivity index (χ2n) is 3.73. The Labute approximate surface area is 70.2 Å². The molecule has 1 atom stereocenters. The average Bonchev–Trinajstić information content (AvgIpc) is 1.81. The van der Waals surface area contributed by atoms with Crippen LogP contribution in [0.4, 0.5) is 0 Å². The molecule has 0 aliphatic heterocycles. The molecule has 0 saturated heterocycles. The first-order valence-corrected chi connectivity index (χ1v) is 4.39. The van der Waals surface area contributed by atoms with E-state index in [4.69, 9.17) is 0 Å². The third kappa shape index (κ3) is 4.38. The molecule has 0 aromatic carbocycles. The molecule has 0 aliphatic rings. The van der Waals surface area contributed by atoms with Crippen LogP contribution in [0.2, 0.25) is 0 Å². The molecular formula is C9H21NO. The summed E-state index contributed by atoms with van der Waals surface area (Å²) in [6.45, 7) is 11.2. The zero-order valence-electron chi connectivity index (χ0n) is 8.33. The Morgan fingerprint density at radius 1 is 1.00 bits per heavy atom. The third-order valence-electron chi connectivity index (χ3n) is 1.80. The number of aliphatic hydroxyl groups is 1. The Balaban J connectivity index is 3.90. The predicted molar refractivity (Wildman–Crippen MR) is 48.7 cm³/mol. The van der Waals surface area contributed by atoms with Crippen molar-refractivity contribution in [1.29, 1.82) is 0 Å². The minimum atomic E-state index is -0.222. The van der Waals surface area contributed by atoms with Gasteiger partial charge in [-0.25, -0.2) is 0 Å². The highest BCUT2D eigenvalue weighted by Crippen LogP contribution is 2.05. The molecule has 0 fully saturated rings. The molecule has 68 valence electrons.